The number of ether oxygens (including phenoxy) is 1. The van der Waals surface area contributed by atoms with Gasteiger partial charge in [0.15, 0.2) is 0 Å². The minimum Gasteiger partial charge on any atom is -0.480 e. The second-order valence-electron chi connectivity index (χ2n) is 6.95. The Morgan fingerprint density at radius 1 is 1.20 bits per heavy atom. The lowest BCUT2D eigenvalue weighted by atomic mass is 9.81. The number of unbranched alkanes of at least 4 members (excludes halogenated alkanes) is 1. The Labute approximate surface area is 150 Å². The number of carboxylic acid groups (broad SMARTS) is 1. The number of hydrogen-bond donors (Lipinski definition) is 5. The summed E-state index contributed by atoms with van der Waals surface area (Å²) >= 11 is 0. The van der Waals surface area contributed by atoms with Crippen LogP contribution in [0.1, 0.15) is 52.4 Å². The molecular weight excluding hydrogens is 327 g/mol. The predicted molar refractivity (Wildman–Crippen MR) is 95.9 cm³/mol. The third-order valence-corrected chi connectivity index (χ3v) is 4.14. The molecule has 9 heteroatoms. The lowest BCUT2D eigenvalue weighted by Crippen LogP contribution is -2.48. The van der Waals surface area contributed by atoms with Gasteiger partial charge in [0, 0.05) is 0 Å². The third-order valence-electron chi connectivity index (χ3n) is 4.14. The van der Waals surface area contributed by atoms with E-state index in [0.717, 1.165) is 0 Å². The zero-order valence-corrected chi connectivity index (χ0v) is 15.5. The van der Waals surface area contributed by atoms with Crippen LogP contribution in [0.2, 0.25) is 6.32 Å². The predicted octanol–water partition coefficient (Wildman–Crippen LogP) is 0.369. The molecule has 2 atom stereocenters. The summed E-state index contributed by atoms with van der Waals surface area (Å²) in [6.45, 7) is 4.49. The van der Waals surface area contributed by atoms with Gasteiger partial charge in [-0.1, -0.05) is 26.7 Å². The van der Waals surface area contributed by atoms with Crippen molar-refractivity contribution >= 4 is 19.1 Å². The van der Waals surface area contributed by atoms with E-state index in [1.54, 1.807) is 0 Å². The van der Waals surface area contributed by atoms with Gasteiger partial charge < -0.3 is 30.9 Å². The number of hydrogen-bond acceptors (Lipinski definition) is 7. The number of rotatable bonds is 14. The van der Waals surface area contributed by atoms with Crippen LogP contribution in [0.3, 0.4) is 0 Å². The fourth-order valence-electron chi connectivity index (χ4n) is 2.66. The summed E-state index contributed by atoms with van der Waals surface area (Å²) in [4.78, 5) is 23.2. The third kappa shape index (κ3) is 10.4. The Balaban J connectivity index is 4.36. The highest BCUT2D eigenvalue weighted by atomic mass is 16.5. The molecule has 146 valence electrons. The highest BCUT2D eigenvalue weighted by Gasteiger charge is 2.33. The first-order valence-corrected chi connectivity index (χ1v) is 8.82. The van der Waals surface area contributed by atoms with E-state index in [9.17, 15) is 14.7 Å². The molecule has 0 aromatic rings. The molecule has 0 rings (SSSR count). The average molecular weight is 360 g/mol. The van der Waals surface area contributed by atoms with Gasteiger partial charge in [-0.05, 0) is 44.5 Å². The molecule has 0 radical (unpaired) electrons. The van der Waals surface area contributed by atoms with Gasteiger partial charge in [-0.25, -0.2) is 0 Å². The molecule has 0 spiro atoms. The summed E-state index contributed by atoms with van der Waals surface area (Å²) in [6, 6.07) is -0.409. The highest BCUT2D eigenvalue weighted by Crippen LogP contribution is 2.19. The van der Waals surface area contributed by atoms with E-state index in [0.29, 0.717) is 38.1 Å². The van der Waals surface area contributed by atoms with Gasteiger partial charge in [-0.15, -0.1) is 0 Å². The van der Waals surface area contributed by atoms with E-state index in [1.165, 1.54) is 7.11 Å². The molecule has 6 N–H and O–H groups in total. The van der Waals surface area contributed by atoms with Gasteiger partial charge in [0.2, 0.25) is 0 Å². The monoisotopic (exact) mass is 360 g/mol. The number of carbonyl (C=O) groups excluding carboxylic acids is 1. The summed E-state index contributed by atoms with van der Waals surface area (Å²) < 4.78 is 4.77. The van der Waals surface area contributed by atoms with Crippen molar-refractivity contribution in [3.63, 3.8) is 0 Å². The molecular formula is C16H33BN2O6. The van der Waals surface area contributed by atoms with Crippen molar-refractivity contribution in [3.05, 3.63) is 0 Å². The number of aliphatic carboxylic acids is 1. The Morgan fingerprint density at radius 3 is 2.28 bits per heavy atom. The van der Waals surface area contributed by atoms with Crippen LogP contribution in [0.5, 0.6) is 0 Å². The fraction of sp³-hybridized carbons (Fsp3) is 0.875. The maximum absolute atomic E-state index is 11.7. The molecule has 0 amide bonds. The van der Waals surface area contributed by atoms with E-state index < -0.39 is 24.7 Å². The van der Waals surface area contributed by atoms with Crippen molar-refractivity contribution in [2.24, 2.45) is 11.7 Å². The fourth-order valence-corrected chi connectivity index (χ4v) is 2.66. The zero-order chi connectivity index (χ0) is 19.5. The molecule has 0 saturated heterocycles. The molecule has 0 bridgehead atoms. The van der Waals surface area contributed by atoms with E-state index in [-0.39, 0.29) is 25.1 Å². The van der Waals surface area contributed by atoms with E-state index in [4.69, 9.17) is 20.5 Å². The van der Waals surface area contributed by atoms with Gasteiger partial charge in [-0.3, -0.25) is 9.59 Å². The van der Waals surface area contributed by atoms with Crippen LogP contribution in [0.4, 0.5) is 0 Å². The second kappa shape index (κ2) is 12.2. The first-order chi connectivity index (χ1) is 11.6. The first kappa shape index (κ1) is 23.8. The molecule has 0 saturated carbocycles. The average Bonchev–Trinajstić information content (AvgIpc) is 2.53. The van der Waals surface area contributed by atoms with Crippen LogP contribution in [-0.4, -0.2) is 59.4 Å². The molecule has 0 aromatic carbocycles. The van der Waals surface area contributed by atoms with Crippen molar-refractivity contribution in [1.29, 1.82) is 0 Å². The van der Waals surface area contributed by atoms with Crippen LogP contribution in [0.15, 0.2) is 0 Å². The van der Waals surface area contributed by atoms with Crippen molar-refractivity contribution in [2.45, 2.75) is 70.3 Å². The number of nitrogens with one attached hydrogen (secondary N) is 1. The molecule has 0 aliphatic carbocycles. The summed E-state index contributed by atoms with van der Waals surface area (Å²) in [7, 11) is -0.0341. The first-order valence-electron chi connectivity index (χ1n) is 8.82. The molecule has 0 aliphatic heterocycles. The summed E-state index contributed by atoms with van der Waals surface area (Å²) in [6.07, 6.45) is 2.90. The Hall–Kier alpha value is -1.16. The smallest absolute Gasteiger partial charge is 0.451 e. The van der Waals surface area contributed by atoms with E-state index >= 15 is 0 Å². The molecule has 1 unspecified atom stereocenters. The van der Waals surface area contributed by atoms with Crippen LogP contribution in [-0.2, 0) is 14.3 Å². The molecule has 0 heterocycles. The van der Waals surface area contributed by atoms with Crippen LogP contribution >= 0.6 is 0 Å². The number of nitrogens with two attached hydrogens (primary N) is 1. The van der Waals surface area contributed by atoms with Crippen LogP contribution in [0.25, 0.3) is 0 Å². The van der Waals surface area contributed by atoms with Gasteiger partial charge in [0.25, 0.3) is 0 Å². The molecule has 0 aliphatic rings. The molecule has 25 heavy (non-hydrogen) atoms. The Bertz CT molecular complexity index is 408. The maximum atomic E-state index is 11.7. The zero-order valence-electron chi connectivity index (χ0n) is 15.5. The van der Waals surface area contributed by atoms with Crippen molar-refractivity contribution in [3.8, 4) is 0 Å². The highest BCUT2D eigenvalue weighted by molar-refractivity contribution is 6.40. The lowest BCUT2D eigenvalue weighted by molar-refractivity contribution is -0.145. The molecule has 8 nitrogen and oxygen atoms in total. The molecule has 0 aromatic heterocycles. The quantitative estimate of drug-likeness (QED) is 0.170. The Morgan fingerprint density at radius 2 is 1.80 bits per heavy atom. The van der Waals surface area contributed by atoms with Gasteiger partial charge >= 0.3 is 19.1 Å². The SMILES string of the molecule is COC(=O)[C@H](CC(C)C)NCCCC(N)(CCCCB(O)O)C(=O)O. The topological polar surface area (TPSA) is 142 Å². The van der Waals surface area contributed by atoms with Crippen molar-refractivity contribution < 1.29 is 29.5 Å². The number of carboxylic acids is 1. The molecule has 0 fully saturated rings. The van der Waals surface area contributed by atoms with Crippen LogP contribution < -0.4 is 11.1 Å². The van der Waals surface area contributed by atoms with Crippen LogP contribution in [0, 0.1) is 5.92 Å². The summed E-state index contributed by atoms with van der Waals surface area (Å²) in [5.74, 6) is -1.07. The van der Waals surface area contributed by atoms with Crippen molar-refractivity contribution in [1.82, 2.24) is 5.32 Å². The van der Waals surface area contributed by atoms with Crippen molar-refractivity contribution in [2.75, 3.05) is 13.7 Å². The Kier molecular flexibility index (Phi) is 11.7. The normalized spacial score (nSPS) is 14.8. The largest absolute Gasteiger partial charge is 0.480 e. The summed E-state index contributed by atoms with van der Waals surface area (Å²) in [5.41, 5.74) is 4.65. The minimum absolute atomic E-state index is 0.202. The van der Waals surface area contributed by atoms with E-state index in [1.807, 2.05) is 13.8 Å². The maximum Gasteiger partial charge on any atom is 0.451 e. The standard InChI is InChI=1S/C16H33BN2O6/c1-12(2)11-13(14(20)25-3)19-10-6-8-16(18,15(21)22)7-4-5-9-17(23)24/h12-13,19,23-24H,4-11,18H2,1-3H3,(H,21,22)/t13-,16?/m0/s1. The number of methoxy groups -OCH3 is 1. The second-order valence-corrected chi connectivity index (χ2v) is 6.95. The minimum atomic E-state index is -1.38. The van der Waals surface area contributed by atoms with Gasteiger partial charge in [0.05, 0.1) is 7.11 Å². The number of esters is 1. The summed E-state index contributed by atoms with van der Waals surface area (Å²) in [5, 5.41) is 30.1. The van der Waals surface area contributed by atoms with E-state index in [2.05, 4.69) is 5.32 Å². The lowest BCUT2D eigenvalue weighted by Gasteiger charge is -2.25. The number of carbonyl (C=O) groups is 2. The van der Waals surface area contributed by atoms with Gasteiger partial charge in [-0.2, -0.15) is 0 Å². The van der Waals surface area contributed by atoms with Gasteiger partial charge in [0.1, 0.15) is 11.6 Å².